The van der Waals surface area contributed by atoms with E-state index < -0.39 is 0 Å². The van der Waals surface area contributed by atoms with Gasteiger partial charge in [0.2, 0.25) is 0 Å². The summed E-state index contributed by atoms with van der Waals surface area (Å²) in [6.45, 7) is 1.27. The Balaban J connectivity index is 1.77. The van der Waals surface area contributed by atoms with Crippen LogP contribution in [0.1, 0.15) is 16.8 Å². The lowest BCUT2D eigenvalue weighted by molar-refractivity contribution is 0.0953. The molecule has 0 bridgehead atoms. The van der Waals surface area contributed by atoms with Crippen LogP contribution < -0.4 is 11.1 Å². The molecule has 0 aliphatic heterocycles. The summed E-state index contributed by atoms with van der Waals surface area (Å²) in [6, 6.07) is 1.60. The highest BCUT2D eigenvalue weighted by molar-refractivity contribution is 5.98. The summed E-state index contributed by atoms with van der Waals surface area (Å²) >= 11 is 0. The van der Waals surface area contributed by atoms with Crippen LogP contribution in [0, 0.1) is 0 Å². The maximum absolute atomic E-state index is 11.8. The average molecular weight is 246 g/mol. The first-order chi connectivity index (χ1) is 8.77. The van der Waals surface area contributed by atoms with E-state index in [0.29, 0.717) is 24.3 Å². The van der Waals surface area contributed by atoms with Crippen LogP contribution in [0.2, 0.25) is 0 Å². The summed E-state index contributed by atoms with van der Waals surface area (Å²) in [6.07, 6.45) is 7.18. The number of rotatable bonds is 5. The van der Waals surface area contributed by atoms with Gasteiger partial charge in [-0.3, -0.25) is 14.5 Å². The van der Waals surface area contributed by atoms with Crippen LogP contribution in [-0.4, -0.2) is 32.4 Å². The van der Waals surface area contributed by atoms with Gasteiger partial charge in [0, 0.05) is 25.5 Å². The highest BCUT2D eigenvalue weighted by atomic mass is 16.1. The van der Waals surface area contributed by atoms with Gasteiger partial charge in [-0.1, -0.05) is 5.21 Å². The summed E-state index contributed by atoms with van der Waals surface area (Å²) in [5, 5.41) is 10.3. The molecule has 94 valence electrons. The first kappa shape index (κ1) is 12.0. The second-order valence-electron chi connectivity index (χ2n) is 3.74. The Bertz CT molecular complexity index is 510. The molecule has 1 amide bonds. The fraction of sp³-hybridized carbons (Fsp3) is 0.273. The van der Waals surface area contributed by atoms with E-state index in [1.807, 2.05) is 0 Å². The number of nitrogen functional groups attached to an aromatic ring is 1. The van der Waals surface area contributed by atoms with E-state index in [9.17, 15) is 4.79 Å². The van der Waals surface area contributed by atoms with Gasteiger partial charge in [0.1, 0.15) is 0 Å². The van der Waals surface area contributed by atoms with Crippen molar-refractivity contribution < 1.29 is 4.79 Å². The monoisotopic (exact) mass is 246 g/mol. The molecule has 0 radical (unpaired) electrons. The smallest absolute Gasteiger partial charge is 0.253 e. The normalized spacial score (nSPS) is 10.2. The van der Waals surface area contributed by atoms with Crippen molar-refractivity contribution in [2.45, 2.75) is 13.0 Å². The van der Waals surface area contributed by atoms with Crippen LogP contribution in [0.15, 0.2) is 30.9 Å². The van der Waals surface area contributed by atoms with Gasteiger partial charge in [-0.15, -0.1) is 5.10 Å². The molecule has 2 rings (SSSR count). The third kappa shape index (κ3) is 3.03. The van der Waals surface area contributed by atoms with Crippen LogP contribution in [0.25, 0.3) is 0 Å². The molecule has 0 aliphatic carbocycles. The molecule has 0 aromatic carbocycles. The molecular weight excluding hydrogens is 232 g/mol. The summed E-state index contributed by atoms with van der Waals surface area (Å²) in [7, 11) is 0. The highest BCUT2D eigenvalue weighted by Gasteiger charge is 2.07. The Labute approximate surface area is 104 Å². The first-order valence-corrected chi connectivity index (χ1v) is 5.59. The van der Waals surface area contributed by atoms with Crippen LogP contribution >= 0.6 is 0 Å². The number of carbonyl (C=O) groups is 1. The Morgan fingerprint density at radius 3 is 3.06 bits per heavy atom. The Kier molecular flexibility index (Phi) is 3.85. The summed E-state index contributed by atoms with van der Waals surface area (Å²) in [5.41, 5.74) is 6.49. The molecule has 0 spiro atoms. The maximum Gasteiger partial charge on any atom is 0.253 e. The van der Waals surface area contributed by atoms with Crippen molar-refractivity contribution in [1.82, 2.24) is 25.3 Å². The van der Waals surface area contributed by atoms with E-state index in [1.54, 1.807) is 29.3 Å². The van der Waals surface area contributed by atoms with E-state index in [4.69, 9.17) is 5.73 Å². The molecule has 7 heteroatoms. The fourth-order valence-corrected chi connectivity index (χ4v) is 1.50. The number of pyridine rings is 1. The van der Waals surface area contributed by atoms with Gasteiger partial charge in [-0.2, -0.15) is 0 Å². The van der Waals surface area contributed by atoms with Gasteiger partial charge in [-0.25, -0.2) is 0 Å². The first-order valence-electron chi connectivity index (χ1n) is 5.59. The summed E-state index contributed by atoms with van der Waals surface area (Å²) in [5.74, 6) is -0.187. The van der Waals surface area contributed by atoms with Gasteiger partial charge in [0.05, 0.1) is 23.6 Å². The van der Waals surface area contributed by atoms with Crippen molar-refractivity contribution in [2.24, 2.45) is 0 Å². The van der Waals surface area contributed by atoms with Crippen LogP contribution in [0.4, 0.5) is 5.69 Å². The predicted molar refractivity (Wildman–Crippen MR) is 65.6 cm³/mol. The van der Waals surface area contributed by atoms with Crippen molar-refractivity contribution in [3.8, 4) is 0 Å². The number of anilines is 1. The largest absolute Gasteiger partial charge is 0.397 e. The Morgan fingerprint density at radius 2 is 2.33 bits per heavy atom. The number of nitrogens with one attached hydrogen (secondary N) is 1. The second kappa shape index (κ2) is 5.76. The van der Waals surface area contributed by atoms with E-state index in [1.165, 1.54) is 6.20 Å². The van der Waals surface area contributed by atoms with Gasteiger partial charge in [0.15, 0.2) is 0 Å². The lowest BCUT2D eigenvalue weighted by atomic mass is 10.2. The Hall–Kier alpha value is -2.44. The molecule has 3 N–H and O–H groups in total. The predicted octanol–water partition coefficient (Wildman–Crippen LogP) is 0.0754. The van der Waals surface area contributed by atoms with Crippen LogP contribution in [0.3, 0.4) is 0 Å². The van der Waals surface area contributed by atoms with E-state index >= 15 is 0 Å². The molecule has 0 saturated carbocycles. The fourth-order valence-electron chi connectivity index (χ4n) is 1.50. The number of hydrogen-bond acceptors (Lipinski definition) is 5. The van der Waals surface area contributed by atoms with Crippen molar-refractivity contribution >= 4 is 11.6 Å². The van der Waals surface area contributed by atoms with Gasteiger partial charge in [0.25, 0.3) is 5.91 Å². The SMILES string of the molecule is Nc1cnccc1C(=O)NCCCn1ccnn1. The quantitative estimate of drug-likeness (QED) is 0.728. The topological polar surface area (TPSA) is 98.7 Å². The molecule has 2 heterocycles. The molecule has 0 unspecified atom stereocenters. The number of nitrogens with zero attached hydrogens (tertiary/aromatic N) is 4. The average Bonchev–Trinajstić information content (AvgIpc) is 2.88. The number of amides is 1. The number of hydrogen-bond donors (Lipinski definition) is 2. The van der Waals surface area contributed by atoms with E-state index in [-0.39, 0.29) is 5.91 Å². The number of aryl methyl sites for hydroxylation is 1. The third-order valence-corrected chi connectivity index (χ3v) is 2.42. The minimum absolute atomic E-state index is 0.187. The van der Waals surface area contributed by atoms with E-state index in [2.05, 4.69) is 20.6 Å². The molecule has 7 nitrogen and oxygen atoms in total. The van der Waals surface area contributed by atoms with Crippen molar-refractivity contribution in [3.63, 3.8) is 0 Å². The molecule has 0 saturated heterocycles. The molecule has 18 heavy (non-hydrogen) atoms. The van der Waals surface area contributed by atoms with Crippen LogP contribution in [-0.2, 0) is 6.54 Å². The van der Waals surface area contributed by atoms with Gasteiger partial charge >= 0.3 is 0 Å². The Morgan fingerprint density at radius 1 is 1.44 bits per heavy atom. The minimum Gasteiger partial charge on any atom is -0.397 e. The molecule has 2 aromatic heterocycles. The van der Waals surface area contributed by atoms with Crippen molar-refractivity contribution in [1.29, 1.82) is 0 Å². The maximum atomic E-state index is 11.8. The second-order valence-corrected chi connectivity index (χ2v) is 3.74. The highest BCUT2D eigenvalue weighted by Crippen LogP contribution is 2.07. The zero-order chi connectivity index (χ0) is 12.8. The number of nitrogens with two attached hydrogens (primary N) is 1. The zero-order valence-electron chi connectivity index (χ0n) is 9.78. The molecule has 0 atom stereocenters. The van der Waals surface area contributed by atoms with E-state index in [0.717, 1.165) is 6.42 Å². The lowest BCUT2D eigenvalue weighted by Gasteiger charge is -2.06. The lowest BCUT2D eigenvalue weighted by Crippen LogP contribution is -2.26. The summed E-state index contributed by atoms with van der Waals surface area (Å²) < 4.78 is 1.72. The standard InChI is InChI=1S/C11H14N6O/c12-10-8-13-4-2-9(10)11(18)14-3-1-6-17-7-5-15-16-17/h2,4-5,7-8H,1,3,6,12H2,(H,14,18). The number of aromatic nitrogens is 4. The molecule has 0 fully saturated rings. The van der Waals surface area contributed by atoms with Crippen molar-refractivity contribution in [2.75, 3.05) is 12.3 Å². The molecule has 2 aromatic rings. The van der Waals surface area contributed by atoms with Gasteiger partial charge < -0.3 is 11.1 Å². The summed E-state index contributed by atoms with van der Waals surface area (Å²) in [4.78, 5) is 15.6. The molecule has 0 aliphatic rings. The number of carbonyl (C=O) groups excluding carboxylic acids is 1. The third-order valence-electron chi connectivity index (χ3n) is 2.42. The minimum atomic E-state index is -0.187. The van der Waals surface area contributed by atoms with Gasteiger partial charge in [-0.05, 0) is 12.5 Å². The van der Waals surface area contributed by atoms with Crippen molar-refractivity contribution in [3.05, 3.63) is 36.4 Å². The zero-order valence-corrected chi connectivity index (χ0v) is 9.78. The van der Waals surface area contributed by atoms with Crippen LogP contribution in [0.5, 0.6) is 0 Å². The molecular formula is C11H14N6O.